The lowest BCUT2D eigenvalue weighted by molar-refractivity contribution is -0.145. The zero-order chi connectivity index (χ0) is 25.8. The van der Waals surface area contributed by atoms with Crippen molar-refractivity contribution in [2.75, 3.05) is 25.7 Å². The number of rotatable bonds is 14. The number of hydrogen-bond acceptors (Lipinski definition) is 7. The van der Waals surface area contributed by atoms with Gasteiger partial charge in [-0.1, -0.05) is 44.2 Å². The van der Waals surface area contributed by atoms with E-state index in [2.05, 4.69) is 21.3 Å². The normalized spacial score (nSPS) is 17.9. The predicted molar refractivity (Wildman–Crippen MR) is 137 cm³/mol. The molecule has 194 valence electrons. The number of thioether (sulfide) groups is 1. The molecule has 10 heteroatoms. The molecule has 0 aliphatic carbocycles. The first kappa shape index (κ1) is 28.6. The van der Waals surface area contributed by atoms with E-state index in [9.17, 15) is 19.2 Å². The van der Waals surface area contributed by atoms with Crippen LogP contribution >= 0.6 is 11.8 Å². The second-order valence-electron chi connectivity index (χ2n) is 9.03. The van der Waals surface area contributed by atoms with Gasteiger partial charge in [-0.25, -0.2) is 4.79 Å². The first-order valence-corrected chi connectivity index (χ1v) is 13.4. The monoisotopic (exact) mass is 506 g/mol. The van der Waals surface area contributed by atoms with Gasteiger partial charge >= 0.3 is 5.97 Å². The molecule has 1 aliphatic rings. The first-order valence-electron chi connectivity index (χ1n) is 12.0. The van der Waals surface area contributed by atoms with Crippen LogP contribution < -0.4 is 21.3 Å². The highest BCUT2D eigenvalue weighted by molar-refractivity contribution is 7.98. The Hall–Kier alpha value is -2.59. The van der Waals surface area contributed by atoms with Crippen molar-refractivity contribution in [2.24, 2.45) is 5.92 Å². The van der Waals surface area contributed by atoms with Crippen molar-refractivity contribution < 1.29 is 23.9 Å². The molecule has 0 aromatic heterocycles. The lowest BCUT2D eigenvalue weighted by atomic mass is 10.0. The Kier molecular flexibility index (Phi) is 12.1. The van der Waals surface area contributed by atoms with Crippen LogP contribution in [0.4, 0.5) is 0 Å². The highest BCUT2D eigenvalue weighted by Gasteiger charge is 2.31. The standard InChI is InChI=1S/C25H38N4O5S/c1-16(2)21(29-23(31)18-10-11-22(30)27-18)15-26-20(14-17-8-6-5-7-9-17)24(32)28-19(12-13-35-4)25(33)34-3/h5-9,16,18-21,26H,10-15H2,1-4H3,(H,27,30)(H,28,32)(H,29,31)/t18-,19-,20-,21+/m0/s1. The highest BCUT2D eigenvalue weighted by atomic mass is 32.2. The zero-order valence-corrected chi connectivity index (χ0v) is 21.8. The van der Waals surface area contributed by atoms with E-state index < -0.39 is 24.1 Å². The molecule has 1 aromatic rings. The molecule has 1 fully saturated rings. The average Bonchev–Trinajstić information content (AvgIpc) is 3.29. The number of esters is 1. The van der Waals surface area contributed by atoms with E-state index in [1.807, 2.05) is 50.4 Å². The number of methoxy groups -OCH3 is 1. The summed E-state index contributed by atoms with van der Waals surface area (Å²) in [4.78, 5) is 49.6. The van der Waals surface area contributed by atoms with Crippen LogP contribution in [0.1, 0.15) is 38.7 Å². The number of ether oxygens (including phenoxy) is 1. The van der Waals surface area contributed by atoms with E-state index in [4.69, 9.17) is 4.74 Å². The summed E-state index contributed by atoms with van der Waals surface area (Å²) in [6.45, 7) is 4.33. The van der Waals surface area contributed by atoms with Crippen LogP contribution in [0.3, 0.4) is 0 Å². The minimum atomic E-state index is -0.730. The lowest BCUT2D eigenvalue weighted by Crippen LogP contribution is -2.56. The number of carbonyl (C=O) groups excluding carboxylic acids is 4. The number of carbonyl (C=O) groups is 4. The van der Waals surface area contributed by atoms with E-state index in [-0.39, 0.29) is 29.7 Å². The summed E-state index contributed by atoms with van der Waals surface area (Å²) < 4.78 is 4.88. The van der Waals surface area contributed by atoms with Crippen LogP contribution in [0, 0.1) is 5.92 Å². The fourth-order valence-electron chi connectivity index (χ4n) is 3.82. The molecule has 0 spiro atoms. The summed E-state index contributed by atoms with van der Waals surface area (Å²) >= 11 is 1.59. The summed E-state index contributed by atoms with van der Waals surface area (Å²) in [7, 11) is 1.31. The maximum atomic E-state index is 13.3. The second kappa shape index (κ2) is 14.7. The summed E-state index contributed by atoms with van der Waals surface area (Å²) in [6, 6.07) is 7.49. The molecule has 4 atom stereocenters. The lowest BCUT2D eigenvalue weighted by Gasteiger charge is -2.28. The second-order valence-corrected chi connectivity index (χ2v) is 10.0. The van der Waals surface area contributed by atoms with Gasteiger partial charge in [0.25, 0.3) is 0 Å². The van der Waals surface area contributed by atoms with E-state index in [0.717, 1.165) is 5.56 Å². The minimum Gasteiger partial charge on any atom is -0.467 e. The summed E-state index contributed by atoms with van der Waals surface area (Å²) in [5.41, 5.74) is 0.970. The Balaban J connectivity index is 2.09. The Morgan fingerprint density at radius 2 is 1.86 bits per heavy atom. The number of nitrogens with one attached hydrogen (secondary N) is 4. The fraction of sp³-hybridized carbons (Fsp3) is 0.600. The van der Waals surface area contributed by atoms with Gasteiger partial charge in [0.05, 0.1) is 13.2 Å². The zero-order valence-electron chi connectivity index (χ0n) is 21.0. The van der Waals surface area contributed by atoms with Gasteiger partial charge in [-0.2, -0.15) is 11.8 Å². The van der Waals surface area contributed by atoms with Crippen molar-refractivity contribution in [2.45, 2.75) is 63.7 Å². The average molecular weight is 507 g/mol. The molecule has 1 aromatic carbocycles. The Labute approximate surface area is 211 Å². The highest BCUT2D eigenvalue weighted by Crippen LogP contribution is 2.10. The van der Waals surface area contributed by atoms with Crippen molar-refractivity contribution in [1.29, 1.82) is 0 Å². The van der Waals surface area contributed by atoms with Crippen LogP contribution in [0.2, 0.25) is 0 Å². The molecule has 3 amide bonds. The molecule has 0 bridgehead atoms. The number of hydrogen-bond donors (Lipinski definition) is 4. The van der Waals surface area contributed by atoms with Crippen LogP contribution in [0.25, 0.3) is 0 Å². The van der Waals surface area contributed by atoms with Gasteiger partial charge in [0.1, 0.15) is 12.1 Å². The quantitative estimate of drug-likeness (QED) is 0.278. The van der Waals surface area contributed by atoms with Crippen LogP contribution in [-0.2, 0) is 30.3 Å². The molecule has 9 nitrogen and oxygen atoms in total. The number of benzene rings is 1. The SMILES string of the molecule is COC(=O)[C@H](CCSC)NC(=O)[C@H](Cc1ccccc1)NC[C@@H](NC(=O)[C@@H]1CCC(=O)N1)C(C)C. The van der Waals surface area contributed by atoms with Gasteiger partial charge in [-0.3, -0.25) is 14.4 Å². The van der Waals surface area contributed by atoms with Crippen LogP contribution in [-0.4, -0.2) is 73.5 Å². The summed E-state index contributed by atoms with van der Waals surface area (Å²) in [6.07, 6.45) is 3.65. The van der Waals surface area contributed by atoms with Gasteiger partial charge in [-0.05, 0) is 42.8 Å². The third-order valence-electron chi connectivity index (χ3n) is 6.04. The van der Waals surface area contributed by atoms with E-state index in [0.29, 0.717) is 38.0 Å². The molecule has 0 saturated carbocycles. The van der Waals surface area contributed by atoms with Crippen molar-refractivity contribution in [3.8, 4) is 0 Å². The first-order chi connectivity index (χ1) is 16.7. The third-order valence-corrected chi connectivity index (χ3v) is 6.68. The van der Waals surface area contributed by atoms with Gasteiger partial charge in [0.2, 0.25) is 17.7 Å². The molecule has 2 rings (SSSR count). The Morgan fingerprint density at radius 3 is 2.43 bits per heavy atom. The maximum absolute atomic E-state index is 13.3. The molecular formula is C25H38N4O5S. The number of amides is 3. The van der Waals surface area contributed by atoms with E-state index in [1.54, 1.807) is 11.8 Å². The molecule has 4 N–H and O–H groups in total. The molecule has 1 saturated heterocycles. The van der Waals surface area contributed by atoms with Crippen molar-refractivity contribution in [3.05, 3.63) is 35.9 Å². The molecule has 1 aliphatic heterocycles. The van der Waals surface area contributed by atoms with Gasteiger partial charge in [-0.15, -0.1) is 0 Å². The summed E-state index contributed by atoms with van der Waals surface area (Å²) in [5.74, 6) is -0.322. The topological polar surface area (TPSA) is 126 Å². The third kappa shape index (κ3) is 9.52. The smallest absolute Gasteiger partial charge is 0.328 e. The summed E-state index contributed by atoms with van der Waals surface area (Å²) in [5, 5.41) is 11.8. The molecule has 0 radical (unpaired) electrons. The van der Waals surface area contributed by atoms with Crippen molar-refractivity contribution in [3.63, 3.8) is 0 Å². The Bertz CT molecular complexity index is 852. The maximum Gasteiger partial charge on any atom is 0.328 e. The largest absolute Gasteiger partial charge is 0.467 e. The van der Waals surface area contributed by atoms with E-state index in [1.165, 1.54) is 7.11 Å². The van der Waals surface area contributed by atoms with Crippen molar-refractivity contribution in [1.82, 2.24) is 21.3 Å². The molecule has 1 heterocycles. The van der Waals surface area contributed by atoms with Gasteiger partial charge in [0.15, 0.2) is 0 Å². The van der Waals surface area contributed by atoms with E-state index >= 15 is 0 Å². The van der Waals surface area contributed by atoms with Gasteiger partial charge < -0.3 is 26.0 Å². The van der Waals surface area contributed by atoms with Crippen LogP contribution in [0.5, 0.6) is 0 Å². The molecule has 0 unspecified atom stereocenters. The van der Waals surface area contributed by atoms with Gasteiger partial charge in [0, 0.05) is 19.0 Å². The molecular weight excluding hydrogens is 468 g/mol. The van der Waals surface area contributed by atoms with Crippen LogP contribution in [0.15, 0.2) is 30.3 Å². The minimum absolute atomic E-state index is 0.0911. The molecule has 35 heavy (non-hydrogen) atoms. The predicted octanol–water partition coefficient (Wildman–Crippen LogP) is 1.02. The van der Waals surface area contributed by atoms with Crippen molar-refractivity contribution >= 4 is 35.5 Å². The fourth-order valence-corrected chi connectivity index (χ4v) is 4.29. The Morgan fingerprint density at radius 1 is 1.14 bits per heavy atom.